The molecule has 0 fully saturated rings. The Hall–Kier alpha value is -11.5. The molecule has 12 aromatic heterocycles. The van der Waals surface area contributed by atoms with E-state index in [0.29, 0.717) is 49.5 Å². The first-order valence-electron chi connectivity index (χ1n) is 38.6. The molecule has 0 atom stereocenters. The fraction of sp³-hybridized carbons (Fsp3) is 0.126. The van der Waals surface area contributed by atoms with Crippen LogP contribution < -0.4 is 16.9 Å². The van der Waals surface area contributed by atoms with Crippen LogP contribution in [0, 0.1) is 81.8 Å². The van der Waals surface area contributed by atoms with Crippen molar-refractivity contribution in [2.45, 2.75) is 81.1 Å². The van der Waals surface area contributed by atoms with Crippen molar-refractivity contribution in [3.05, 3.63) is 399 Å². The summed E-state index contributed by atoms with van der Waals surface area (Å²) in [6.45, 7) is 22.1. The second-order valence-corrected chi connectivity index (χ2v) is 30.4. The summed E-state index contributed by atoms with van der Waals surface area (Å²) in [6.07, 6.45) is 15.1. The zero-order valence-electron chi connectivity index (χ0n) is 68.5. The van der Waals surface area contributed by atoms with Crippen molar-refractivity contribution < 1.29 is 114 Å². The van der Waals surface area contributed by atoms with Crippen molar-refractivity contribution in [1.29, 1.82) is 0 Å². The minimum atomic E-state index is -0.356. The molecule has 0 N–H and O–H groups in total. The molecule has 20 heteroatoms. The molecule has 15 nitrogen and oxygen atoms in total. The Labute approximate surface area is 779 Å². The van der Waals surface area contributed by atoms with E-state index in [9.17, 15) is 14.4 Å². The zero-order valence-corrected chi connectivity index (χ0v) is 80.5. The molecule has 0 aliphatic carbocycles. The summed E-state index contributed by atoms with van der Waals surface area (Å²) in [7, 11) is 0. The van der Waals surface area contributed by atoms with Gasteiger partial charge in [-0.1, -0.05) is 153 Å². The number of imidazole rings is 2. The molecule has 12 heterocycles. The Bertz CT molecular complexity index is 6940. The molecule has 0 saturated heterocycles. The Morgan fingerprint density at radius 3 is 1.25 bits per heavy atom. The molecule has 0 aliphatic heterocycles. The van der Waals surface area contributed by atoms with Crippen LogP contribution in [0.2, 0.25) is 0 Å². The van der Waals surface area contributed by atoms with Crippen molar-refractivity contribution in [1.82, 2.24) is 43.7 Å². The number of hydrogen-bond acceptors (Lipinski definition) is 13. The molecule has 0 aliphatic rings. The van der Waals surface area contributed by atoms with E-state index in [4.69, 9.17) is 23.2 Å². The van der Waals surface area contributed by atoms with Crippen LogP contribution in [0.1, 0.15) is 75.2 Å². The first kappa shape index (κ1) is 93.8. The average molecular weight is 2500 g/mol. The molecule has 0 saturated carbocycles. The van der Waals surface area contributed by atoms with Gasteiger partial charge in [0.15, 0.2) is 0 Å². The van der Waals surface area contributed by atoms with Gasteiger partial charge >= 0.3 is 16.9 Å². The van der Waals surface area contributed by atoms with Gasteiger partial charge in [0.1, 0.15) is 0 Å². The maximum absolute atomic E-state index is 11.6. The van der Waals surface area contributed by atoms with Crippen LogP contribution in [-0.4, -0.2) is 43.7 Å². The first-order chi connectivity index (χ1) is 57.2. The van der Waals surface area contributed by atoms with E-state index in [1.807, 2.05) is 97.1 Å². The van der Waals surface area contributed by atoms with E-state index >= 15 is 0 Å². The molecule has 0 spiro atoms. The zero-order chi connectivity index (χ0) is 82.0. The molecule has 5 radical (unpaired) electrons. The third-order valence-electron chi connectivity index (χ3n) is 19.8. The van der Waals surface area contributed by atoms with E-state index < -0.39 is 0 Å². The van der Waals surface area contributed by atoms with Crippen LogP contribution in [0.15, 0.2) is 314 Å². The molecule has 0 amide bonds. The summed E-state index contributed by atoms with van der Waals surface area (Å²) < 4.78 is 19.9. The average Bonchev–Trinajstić information content (AvgIpc) is 1.63. The quantitative estimate of drug-likeness (QED) is 0.0920. The van der Waals surface area contributed by atoms with Crippen molar-refractivity contribution in [3.8, 4) is 33.9 Å². The van der Waals surface area contributed by atoms with Crippen molar-refractivity contribution in [2.75, 3.05) is 0 Å². The predicted molar refractivity (Wildman–Crippen MR) is 473 cm³/mol. The molecule has 9 aromatic carbocycles. The molecule has 123 heavy (non-hydrogen) atoms. The summed E-state index contributed by atoms with van der Waals surface area (Å²) in [5.41, 5.74) is 18.6. The SMILES string of the molecule is Cc1cccc(C)c1-c1n[c-]c2c3[c-]cccc3c3cc(CC(C)(C)C)ccc3n12.Cc1nc2c3[c-]cccc3c(C(C)(C)C)cn2c1C.O=c1oc2ccc[c-]c2c2ncccc12.O=c1oc2ccc[c-]c2c2ncccc12.O=c1oc2ccc[c-]c2c2ncccc12.[Ir].[Ir].[Ir].[Ir].[Ir].[c-]1ccccc1-c1ccccn1.[c-]1ccccc1-c1ccccn1. The van der Waals surface area contributed by atoms with Crippen molar-refractivity contribution in [2.24, 2.45) is 5.41 Å². The minimum absolute atomic E-state index is 0. The maximum atomic E-state index is 11.6. The largest absolute Gasteiger partial charge is 0.472 e. The number of pyridine rings is 7. The number of hydrogen-bond donors (Lipinski definition) is 0. The smallest absolute Gasteiger partial charge is 0.327 e. The molecule has 0 bridgehead atoms. The second kappa shape index (κ2) is 42.1. The van der Waals surface area contributed by atoms with Crippen LogP contribution in [0.5, 0.6) is 0 Å². The van der Waals surface area contributed by atoms with Gasteiger partial charge in [0.2, 0.25) is 0 Å². The van der Waals surface area contributed by atoms with Crippen molar-refractivity contribution in [3.63, 3.8) is 0 Å². The van der Waals surface area contributed by atoms with Crippen LogP contribution >= 0.6 is 0 Å². The van der Waals surface area contributed by atoms with E-state index in [1.54, 1.807) is 122 Å². The minimum Gasteiger partial charge on any atom is -0.472 e. The van der Waals surface area contributed by atoms with Gasteiger partial charge < -0.3 is 52.0 Å². The van der Waals surface area contributed by atoms with Gasteiger partial charge in [-0.2, -0.15) is 11.5 Å². The standard InChI is InChI=1S/C28H26N2.C17H19N2.3C12H6NO2.2C11H8N.5Ir/c1-18-9-8-10-19(2)26(18)27-29-17-25-22-12-7-6-11-21(22)23-15-20(16-28(3,4)5)13-14-24(23)30(25)27;1-11-12(2)19-10-15(17(3,4)5)13-8-6-7-9-14(13)16(19)18-11;3*14-12-9-5-3-7-13-11(9)8-4-1-2-6-10(8)15-12;2*1-2-6-10(7-3-1)11-8-4-5-9-12-11;;;;;/h6-11,13-15H,16H2,1-5H3;6-8,10H,1-5H3;3*1-3,5-7H;2*1-6,8-9H;;;;;/q-2;6*-1;;;;;. The van der Waals surface area contributed by atoms with Gasteiger partial charge in [-0.05, 0) is 115 Å². The Morgan fingerprint density at radius 1 is 0.390 bits per heavy atom. The summed E-state index contributed by atoms with van der Waals surface area (Å²) in [5.74, 6) is 0.952. The normalized spacial score (nSPS) is 10.8. The van der Waals surface area contributed by atoms with Crippen LogP contribution in [0.3, 0.4) is 0 Å². The molecule has 625 valence electrons. The predicted octanol–water partition coefficient (Wildman–Crippen LogP) is 22.8. The van der Waals surface area contributed by atoms with Crippen LogP contribution in [-0.2, 0) is 112 Å². The Morgan fingerprint density at radius 2 is 0.813 bits per heavy atom. The van der Waals surface area contributed by atoms with Gasteiger partial charge in [-0.3, -0.25) is 4.98 Å². The van der Waals surface area contributed by atoms with E-state index in [-0.39, 0.29) is 128 Å². The summed E-state index contributed by atoms with van der Waals surface area (Å²) in [4.78, 5) is 65.2. The van der Waals surface area contributed by atoms with E-state index in [2.05, 4.69) is 218 Å². The molecule has 21 rings (SSSR count). The van der Waals surface area contributed by atoms with Crippen LogP contribution in [0.4, 0.5) is 0 Å². The topological polar surface area (TPSA) is 190 Å². The van der Waals surface area contributed by atoms with E-state index in [1.165, 1.54) is 55.2 Å². The first-order valence-corrected chi connectivity index (χ1v) is 38.6. The van der Waals surface area contributed by atoms with Crippen LogP contribution in [0.25, 0.3) is 143 Å². The van der Waals surface area contributed by atoms with Gasteiger partial charge in [-0.25, -0.2) is 25.8 Å². The van der Waals surface area contributed by atoms with Gasteiger partial charge in [0.25, 0.3) is 0 Å². The van der Waals surface area contributed by atoms with Gasteiger partial charge in [0, 0.05) is 204 Å². The molecule has 21 aromatic rings. The third kappa shape index (κ3) is 21.3. The number of benzene rings is 9. The number of rotatable bonds is 4. The molecular formula is C103H79Ir5N9O6-8. The fourth-order valence-corrected chi connectivity index (χ4v) is 14.2. The Kier molecular flexibility index (Phi) is 32.1. The fourth-order valence-electron chi connectivity index (χ4n) is 14.2. The van der Waals surface area contributed by atoms with Gasteiger partial charge in [0.05, 0.1) is 5.65 Å². The number of nitrogens with zero attached hydrogens (tertiary/aromatic N) is 9. The van der Waals surface area contributed by atoms with E-state index in [0.717, 1.165) is 78.5 Å². The number of fused-ring (bicyclic) bond motifs is 18. The monoisotopic (exact) mass is 2500 g/mol. The summed E-state index contributed by atoms with van der Waals surface area (Å²) in [6, 6.07) is 101. The molecule has 0 unspecified atom stereocenters. The third-order valence-corrected chi connectivity index (χ3v) is 19.8. The Balaban J connectivity index is 0.000000153. The van der Waals surface area contributed by atoms with Gasteiger partial charge in [-0.15, -0.1) is 198 Å². The maximum Gasteiger partial charge on any atom is 0.327 e. The number of aryl methyl sites for hydroxylation is 4. The summed E-state index contributed by atoms with van der Waals surface area (Å²) >= 11 is 0. The number of aromatic nitrogens is 9. The summed E-state index contributed by atoms with van der Waals surface area (Å²) in [5, 5.41) is 9.61. The van der Waals surface area contributed by atoms with Crippen molar-refractivity contribution >= 4 is 109 Å². The second-order valence-electron chi connectivity index (χ2n) is 30.4. The molecular weight excluding hydrogens is 2420 g/mol.